The lowest BCUT2D eigenvalue weighted by Crippen LogP contribution is -2.41. The van der Waals surface area contributed by atoms with Crippen LogP contribution in [0.25, 0.3) is 0 Å². The van der Waals surface area contributed by atoms with Crippen LogP contribution in [-0.4, -0.2) is 36.1 Å². The van der Waals surface area contributed by atoms with Crippen LogP contribution in [0, 0.1) is 5.41 Å². The molecule has 0 aliphatic rings. The van der Waals surface area contributed by atoms with Gasteiger partial charge in [0.25, 0.3) is 0 Å². The maximum Gasteiger partial charge on any atom is 0.240 e. The number of likely N-dealkylation sites (N-methyl/N-ethyl adjacent to an activating group) is 1. The summed E-state index contributed by atoms with van der Waals surface area (Å²) in [5.74, 6) is 0.0502. The van der Waals surface area contributed by atoms with Crippen molar-refractivity contribution >= 4 is 34.5 Å². The van der Waals surface area contributed by atoms with E-state index in [1.165, 1.54) is 22.6 Å². The number of amides is 1. The number of benzene rings is 1. The number of thiophene rings is 1. The summed E-state index contributed by atoms with van der Waals surface area (Å²) in [5, 5.41) is 12.1. The fourth-order valence-corrected chi connectivity index (χ4v) is 4.44. The van der Waals surface area contributed by atoms with E-state index in [0.717, 1.165) is 13.1 Å². The van der Waals surface area contributed by atoms with Crippen molar-refractivity contribution in [1.29, 1.82) is 0 Å². The Morgan fingerprint density at radius 2 is 1.79 bits per heavy atom. The maximum atomic E-state index is 13.0. The van der Waals surface area contributed by atoms with Gasteiger partial charge in [0.1, 0.15) is 5.75 Å². The van der Waals surface area contributed by atoms with Crippen LogP contribution in [-0.2, 0) is 16.8 Å². The summed E-state index contributed by atoms with van der Waals surface area (Å²) in [6.07, 6.45) is 0. The Labute approximate surface area is 184 Å². The number of aromatic hydroxyl groups is 1. The highest BCUT2D eigenvalue weighted by molar-refractivity contribution is 7.10. The molecule has 0 radical (unpaired) electrons. The highest BCUT2D eigenvalue weighted by Crippen LogP contribution is 2.31. The average molecular weight is 437 g/mol. The highest BCUT2D eigenvalue weighted by Gasteiger charge is 2.23. The summed E-state index contributed by atoms with van der Waals surface area (Å²) in [6, 6.07) is 6.91. The quantitative estimate of drug-likeness (QED) is 0.611. The first-order valence-corrected chi connectivity index (χ1v) is 11.1. The van der Waals surface area contributed by atoms with E-state index >= 15 is 0 Å². The molecule has 2 aromatic rings. The Bertz CT molecular complexity index is 849. The van der Waals surface area contributed by atoms with Crippen molar-refractivity contribution in [2.75, 3.05) is 25.0 Å². The standard InChI is InChI=1S/C23H33ClN2O2S/c1-22(2,3)15-26(12-16-10-20(29-14-16)23(4,5)6)13-21(28)25(7)19-9-8-17(27)11-18(19)24/h8-11,14,27H,12-13,15H2,1-7H3. The van der Waals surface area contributed by atoms with Crippen molar-refractivity contribution in [1.82, 2.24) is 4.90 Å². The maximum absolute atomic E-state index is 13.0. The van der Waals surface area contributed by atoms with Crippen LogP contribution in [0.2, 0.25) is 5.02 Å². The van der Waals surface area contributed by atoms with E-state index in [-0.39, 0.29) is 22.5 Å². The second kappa shape index (κ2) is 9.07. The van der Waals surface area contributed by atoms with Gasteiger partial charge in [-0.05, 0) is 40.0 Å². The molecule has 4 nitrogen and oxygen atoms in total. The van der Waals surface area contributed by atoms with Crippen molar-refractivity contribution < 1.29 is 9.90 Å². The molecule has 0 saturated carbocycles. The minimum atomic E-state index is -0.0342. The molecule has 0 aliphatic heterocycles. The van der Waals surface area contributed by atoms with E-state index in [4.69, 9.17) is 11.6 Å². The molecule has 160 valence electrons. The van der Waals surface area contributed by atoms with Gasteiger partial charge in [-0.3, -0.25) is 9.69 Å². The minimum absolute atomic E-state index is 0.0342. The summed E-state index contributed by atoms with van der Waals surface area (Å²) in [6.45, 7) is 15.0. The number of halogens is 1. The molecule has 0 fully saturated rings. The fraction of sp³-hybridized carbons (Fsp3) is 0.522. The van der Waals surface area contributed by atoms with E-state index in [9.17, 15) is 9.90 Å². The summed E-state index contributed by atoms with van der Waals surface area (Å²) in [4.78, 5) is 18.1. The van der Waals surface area contributed by atoms with Gasteiger partial charge in [0, 0.05) is 31.1 Å². The van der Waals surface area contributed by atoms with Gasteiger partial charge in [-0.15, -0.1) is 11.3 Å². The zero-order chi connectivity index (χ0) is 22.0. The monoisotopic (exact) mass is 436 g/mol. The molecule has 2 rings (SSSR count). The Kier molecular flexibility index (Phi) is 7.42. The van der Waals surface area contributed by atoms with Crippen LogP contribution in [0.5, 0.6) is 5.75 Å². The number of hydrogen-bond acceptors (Lipinski definition) is 4. The van der Waals surface area contributed by atoms with E-state index in [0.29, 0.717) is 17.3 Å². The molecular weight excluding hydrogens is 404 g/mol. The number of carbonyl (C=O) groups excluding carboxylic acids is 1. The first-order chi connectivity index (χ1) is 13.3. The normalized spacial score (nSPS) is 12.4. The van der Waals surface area contributed by atoms with Crippen LogP contribution in [0.4, 0.5) is 5.69 Å². The zero-order valence-corrected chi connectivity index (χ0v) is 20.1. The third-order valence-corrected chi connectivity index (χ3v) is 6.23. The van der Waals surface area contributed by atoms with Crippen molar-refractivity contribution in [3.8, 4) is 5.75 Å². The second-order valence-corrected chi connectivity index (χ2v) is 11.2. The van der Waals surface area contributed by atoms with E-state index < -0.39 is 0 Å². The number of phenolic OH excluding ortho intramolecular Hbond substituents is 1. The molecule has 0 aliphatic carbocycles. The van der Waals surface area contributed by atoms with Crippen molar-refractivity contribution in [3.05, 3.63) is 45.1 Å². The molecular formula is C23H33ClN2O2S. The van der Waals surface area contributed by atoms with Gasteiger partial charge >= 0.3 is 0 Å². The van der Waals surface area contributed by atoms with Crippen molar-refractivity contribution in [2.45, 2.75) is 53.5 Å². The Morgan fingerprint density at radius 1 is 1.14 bits per heavy atom. The van der Waals surface area contributed by atoms with E-state index in [2.05, 4.69) is 57.9 Å². The smallest absolute Gasteiger partial charge is 0.240 e. The van der Waals surface area contributed by atoms with Gasteiger partial charge in [-0.2, -0.15) is 0 Å². The minimum Gasteiger partial charge on any atom is -0.508 e. The predicted molar refractivity (Wildman–Crippen MR) is 124 cm³/mol. The lowest BCUT2D eigenvalue weighted by Gasteiger charge is -2.31. The summed E-state index contributed by atoms with van der Waals surface area (Å²) >= 11 is 8.00. The average Bonchev–Trinajstić information content (AvgIpc) is 3.01. The number of anilines is 1. The summed E-state index contributed by atoms with van der Waals surface area (Å²) in [5.41, 5.74) is 2.03. The zero-order valence-electron chi connectivity index (χ0n) is 18.5. The van der Waals surface area contributed by atoms with Gasteiger partial charge < -0.3 is 10.0 Å². The molecule has 29 heavy (non-hydrogen) atoms. The van der Waals surface area contributed by atoms with Gasteiger partial charge in [-0.25, -0.2) is 0 Å². The Morgan fingerprint density at radius 3 is 2.31 bits per heavy atom. The second-order valence-electron chi connectivity index (χ2n) is 9.86. The lowest BCUT2D eigenvalue weighted by molar-refractivity contribution is -0.119. The molecule has 0 unspecified atom stereocenters. The number of rotatable bonds is 6. The van der Waals surface area contributed by atoms with Crippen LogP contribution < -0.4 is 4.90 Å². The van der Waals surface area contributed by atoms with Gasteiger partial charge in [0.05, 0.1) is 17.3 Å². The molecule has 1 aromatic carbocycles. The van der Waals surface area contributed by atoms with Gasteiger partial charge in [-0.1, -0.05) is 53.1 Å². The third kappa shape index (κ3) is 7.02. The fourth-order valence-electron chi connectivity index (χ4n) is 3.15. The van der Waals surface area contributed by atoms with Gasteiger partial charge in [0.2, 0.25) is 5.91 Å². The molecule has 1 aromatic heterocycles. The molecule has 1 heterocycles. The highest BCUT2D eigenvalue weighted by atomic mass is 35.5. The van der Waals surface area contributed by atoms with Crippen molar-refractivity contribution in [3.63, 3.8) is 0 Å². The molecule has 0 atom stereocenters. The molecule has 1 amide bonds. The molecule has 1 N–H and O–H groups in total. The lowest BCUT2D eigenvalue weighted by atomic mass is 9.94. The topological polar surface area (TPSA) is 43.8 Å². The number of hydrogen-bond donors (Lipinski definition) is 1. The van der Waals surface area contributed by atoms with Crippen LogP contribution in [0.1, 0.15) is 52.0 Å². The molecule has 6 heteroatoms. The van der Waals surface area contributed by atoms with Gasteiger partial charge in [0.15, 0.2) is 0 Å². The SMILES string of the molecule is CN(C(=O)CN(Cc1csc(C(C)(C)C)c1)CC(C)(C)C)c1ccc(O)cc1Cl. The molecule has 0 saturated heterocycles. The van der Waals surface area contributed by atoms with E-state index in [1.54, 1.807) is 29.4 Å². The van der Waals surface area contributed by atoms with Crippen LogP contribution in [0.3, 0.4) is 0 Å². The Hall–Kier alpha value is -1.56. The van der Waals surface area contributed by atoms with Crippen molar-refractivity contribution in [2.24, 2.45) is 5.41 Å². The first-order valence-electron chi connectivity index (χ1n) is 9.81. The van der Waals surface area contributed by atoms with E-state index in [1.807, 2.05) is 0 Å². The third-order valence-electron chi connectivity index (χ3n) is 4.52. The largest absolute Gasteiger partial charge is 0.508 e. The van der Waals surface area contributed by atoms with Crippen LogP contribution >= 0.6 is 22.9 Å². The number of phenols is 1. The predicted octanol–water partition coefficient (Wildman–Crippen LogP) is 5.92. The summed E-state index contributed by atoms with van der Waals surface area (Å²) in [7, 11) is 1.72. The molecule has 0 spiro atoms. The number of carbonyl (C=O) groups is 1. The molecule has 0 bridgehead atoms. The Balaban J connectivity index is 2.17. The number of nitrogens with zero attached hydrogens (tertiary/aromatic N) is 2. The first kappa shape index (κ1) is 23.7. The van der Waals surface area contributed by atoms with Crippen LogP contribution in [0.15, 0.2) is 29.6 Å². The summed E-state index contributed by atoms with van der Waals surface area (Å²) < 4.78 is 0.